The molecule has 1 unspecified atom stereocenters. The zero-order chi connectivity index (χ0) is 16.8. The van der Waals surface area contributed by atoms with Crippen molar-refractivity contribution in [2.24, 2.45) is 0 Å². The SMILES string of the molecule is CCCCCCCC(CCCCCc1ccccc1)OC(=O)O. The molecule has 1 aromatic rings. The van der Waals surface area contributed by atoms with Gasteiger partial charge in [-0.3, -0.25) is 0 Å². The first-order chi connectivity index (χ1) is 11.2. The van der Waals surface area contributed by atoms with Crippen LogP contribution in [-0.4, -0.2) is 17.4 Å². The van der Waals surface area contributed by atoms with Gasteiger partial charge in [-0.15, -0.1) is 0 Å². The molecular formula is C20H32O3. The van der Waals surface area contributed by atoms with Crippen molar-refractivity contribution in [2.75, 3.05) is 0 Å². The lowest BCUT2D eigenvalue weighted by atomic mass is 10.0. The second-order valence-corrected chi connectivity index (χ2v) is 6.29. The van der Waals surface area contributed by atoms with Gasteiger partial charge >= 0.3 is 6.16 Å². The molecule has 23 heavy (non-hydrogen) atoms. The molecule has 3 heteroatoms. The molecule has 0 radical (unpaired) electrons. The van der Waals surface area contributed by atoms with E-state index in [1.54, 1.807) is 0 Å². The number of aryl methyl sites for hydroxylation is 1. The van der Waals surface area contributed by atoms with E-state index >= 15 is 0 Å². The Morgan fingerprint density at radius 1 is 0.957 bits per heavy atom. The molecule has 1 rings (SSSR count). The highest BCUT2D eigenvalue weighted by molar-refractivity contribution is 5.57. The number of carboxylic acid groups (broad SMARTS) is 1. The van der Waals surface area contributed by atoms with E-state index in [4.69, 9.17) is 9.84 Å². The number of benzene rings is 1. The highest BCUT2D eigenvalue weighted by Crippen LogP contribution is 2.16. The Kier molecular flexibility index (Phi) is 11.0. The van der Waals surface area contributed by atoms with Crippen LogP contribution in [0.15, 0.2) is 30.3 Å². The zero-order valence-electron chi connectivity index (χ0n) is 14.5. The van der Waals surface area contributed by atoms with Gasteiger partial charge in [0.15, 0.2) is 0 Å². The maximum Gasteiger partial charge on any atom is 0.506 e. The first-order valence-corrected chi connectivity index (χ1v) is 9.16. The Bertz CT molecular complexity index is 403. The normalized spacial score (nSPS) is 12.0. The molecule has 0 aliphatic carbocycles. The Morgan fingerprint density at radius 3 is 2.17 bits per heavy atom. The molecule has 0 spiro atoms. The van der Waals surface area contributed by atoms with Crippen molar-refractivity contribution in [1.29, 1.82) is 0 Å². The molecule has 0 saturated carbocycles. The van der Waals surface area contributed by atoms with Gasteiger partial charge in [-0.1, -0.05) is 69.4 Å². The van der Waals surface area contributed by atoms with E-state index in [2.05, 4.69) is 31.2 Å². The van der Waals surface area contributed by atoms with Crippen LogP contribution in [0.2, 0.25) is 0 Å². The van der Waals surface area contributed by atoms with Crippen LogP contribution in [0, 0.1) is 0 Å². The summed E-state index contributed by atoms with van der Waals surface area (Å²) in [6, 6.07) is 10.5. The highest BCUT2D eigenvalue weighted by atomic mass is 16.7. The molecule has 0 aliphatic rings. The minimum Gasteiger partial charge on any atom is -0.450 e. The van der Waals surface area contributed by atoms with E-state index in [9.17, 15) is 4.79 Å². The van der Waals surface area contributed by atoms with Gasteiger partial charge in [-0.2, -0.15) is 0 Å². The molecule has 3 nitrogen and oxygen atoms in total. The van der Waals surface area contributed by atoms with Crippen LogP contribution in [-0.2, 0) is 11.2 Å². The Morgan fingerprint density at radius 2 is 1.57 bits per heavy atom. The number of unbranched alkanes of at least 4 members (excludes halogenated alkanes) is 6. The first kappa shape index (κ1) is 19.5. The van der Waals surface area contributed by atoms with Gasteiger partial charge in [-0.25, -0.2) is 4.79 Å². The lowest BCUT2D eigenvalue weighted by Gasteiger charge is -2.15. The molecule has 0 aliphatic heterocycles. The predicted molar refractivity (Wildman–Crippen MR) is 94.9 cm³/mol. The van der Waals surface area contributed by atoms with Crippen molar-refractivity contribution >= 4 is 6.16 Å². The Balaban J connectivity index is 2.13. The zero-order valence-corrected chi connectivity index (χ0v) is 14.5. The third kappa shape index (κ3) is 10.8. The smallest absolute Gasteiger partial charge is 0.450 e. The van der Waals surface area contributed by atoms with Gasteiger partial charge in [-0.05, 0) is 44.1 Å². The third-order valence-electron chi connectivity index (χ3n) is 4.23. The van der Waals surface area contributed by atoms with Crippen LogP contribution in [0.5, 0.6) is 0 Å². The Labute approximate surface area is 141 Å². The minimum atomic E-state index is -1.13. The second kappa shape index (κ2) is 13.0. The quantitative estimate of drug-likeness (QED) is 0.347. The summed E-state index contributed by atoms with van der Waals surface area (Å²) < 4.78 is 5.04. The summed E-state index contributed by atoms with van der Waals surface area (Å²) in [5.74, 6) is 0. The maximum atomic E-state index is 10.8. The van der Waals surface area contributed by atoms with Crippen molar-refractivity contribution in [1.82, 2.24) is 0 Å². The summed E-state index contributed by atoms with van der Waals surface area (Å²) in [5.41, 5.74) is 1.38. The average molecular weight is 320 g/mol. The monoisotopic (exact) mass is 320 g/mol. The molecule has 0 bridgehead atoms. The van der Waals surface area contributed by atoms with Crippen LogP contribution in [0.4, 0.5) is 4.79 Å². The molecule has 0 aromatic heterocycles. The van der Waals surface area contributed by atoms with Gasteiger partial charge in [0.05, 0.1) is 0 Å². The Hall–Kier alpha value is -1.51. The molecule has 1 aromatic carbocycles. The summed E-state index contributed by atoms with van der Waals surface area (Å²) in [7, 11) is 0. The van der Waals surface area contributed by atoms with Crippen LogP contribution < -0.4 is 0 Å². The number of hydrogen-bond donors (Lipinski definition) is 1. The predicted octanol–water partition coefficient (Wildman–Crippen LogP) is 6.21. The topological polar surface area (TPSA) is 46.5 Å². The lowest BCUT2D eigenvalue weighted by Crippen LogP contribution is -2.17. The van der Waals surface area contributed by atoms with Gasteiger partial charge in [0.1, 0.15) is 6.10 Å². The van der Waals surface area contributed by atoms with Crippen LogP contribution in [0.25, 0.3) is 0 Å². The third-order valence-corrected chi connectivity index (χ3v) is 4.23. The fourth-order valence-corrected chi connectivity index (χ4v) is 2.90. The van der Waals surface area contributed by atoms with Gasteiger partial charge < -0.3 is 9.84 Å². The fourth-order valence-electron chi connectivity index (χ4n) is 2.90. The molecule has 0 saturated heterocycles. The molecule has 0 heterocycles. The van der Waals surface area contributed by atoms with E-state index < -0.39 is 6.16 Å². The molecule has 130 valence electrons. The molecule has 1 atom stereocenters. The standard InChI is InChI=1S/C20H32O3/c1-2-3-4-5-11-16-19(23-20(21)22)17-12-7-10-15-18-13-8-6-9-14-18/h6,8-9,13-14,19H,2-5,7,10-12,15-17H2,1H3,(H,21,22). The summed E-state index contributed by atoms with van der Waals surface area (Å²) in [6.07, 6.45) is 10.9. The fraction of sp³-hybridized carbons (Fsp3) is 0.650. The molecular weight excluding hydrogens is 288 g/mol. The van der Waals surface area contributed by atoms with Gasteiger partial charge in [0, 0.05) is 0 Å². The lowest BCUT2D eigenvalue weighted by molar-refractivity contribution is 0.0423. The summed E-state index contributed by atoms with van der Waals surface area (Å²) in [6.45, 7) is 2.20. The average Bonchev–Trinajstić information content (AvgIpc) is 2.54. The summed E-state index contributed by atoms with van der Waals surface area (Å²) in [5, 5.41) is 8.85. The molecule has 0 amide bonds. The van der Waals surface area contributed by atoms with Crippen LogP contribution in [0.1, 0.15) is 76.7 Å². The van der Waals surface area contributed by atoms with E-state index in [0.29, 0.717) is 0 Å². The van der Waals surface area contributed by atoms with Crippen molar-refractivity contribution in [3.05, 3.63) is 35.9 Å². The van der Waals surface area contributed by atoms with E-state index in [0.717, 1.165) is 44.9 Å². The van der Waals surface area contributed by atoms with E-state index in [-0.39, 0.29) is 6.10 Å². The van der Waals surface area contributed by atoms with E-state index in [1.807, 2.05) is 6.07 Å². The second-order valence-electron chi connectivity index (χ2n) is 6.29. The summed E-state index contributed by atoms with van der Waals surface area (Å²) in [4.78, 5) is 10.8. The largest absolute Gasteiger partial charge is 0.506 e. The van der Waals surface area contributed by atoms with Crippen LogP contribution in [0.3, 0.4) is 0 Å². The number of rotatable bonds is 13. The van der Waals surface area contributed by atoms with Crippen molar-refractivity contribution in [2.45, 2.75) is 83.7 Å². The maximum absolute atomic E-state index is 10.8. The number of hydrogen-bond acceptors (Lipinski definition) is 2. The van der Waals surface area contributed by atoms with Crippen molar-refractivity contribution in [3.8, 4) is 0 Å². The first-order valence-electron chi connectivity index (χ1n) is 9.16. The number of carbonyl (C=O) groups is 1. The van der Waals surface area contributed by atoms with Gasteiger partial charge in [0.2, 0.25) is 0 Å². The van der Waals surface area contributed by atoms with Crippen molar-refractivity contribution < 1.29 is 14.6 Å². The molecule has 0 fully saturated rings. The van der Waals surface area contributed by atoms with Crippen LogP contribution >= 0.6 is 0 Å². The van der Waals surface area contributed by atoms with Crippen molar-refractivity contribution in [3.63, 3.8) is 0 Å². The molecule has 1 N–H and O–H groups in total. The minimum absolute atomic E-state index is 0.120. The highest BCUT2D eigenvalue weighted by Gasteiger charge is 2.13. The van der Waals surface area contributed by atoms with E-state index in [1.165, 1.54) is 31.2 Å². The van der Waals surface area contributed by atoms with Gasteiger partial charge in [0.25, 0.3) is 0 Å². The summed E-state index contributed by atoms with van der Waals surface area (Å²) >= 11 is 0. The number of ether oxygens (including phenoxy) is 1.